The molecule has 4 heteroatoms. The molecule has 8 aromatic carbocycles. The average Bonchev–Trinajstić information content (AvgIpc) is 3.22. The Labute approximate surface area is 300 Å². The van der Waals surface area contributed by atoms with E-state index in [0.29, 0.717) is 23.2 Å². The van der Waals surface area contributed by atoms with Gasteiger partial charge >= 0.3 is 0 Å². The Kier molecular flexibility index (Phi) is 7.10. The van der Waals surface area contributed by atoms with Crippen molar-refractivity contribution in [1.29, 1.82) is 0 Å². The molecule has 0 atom stereocenters. The highest BCUT2D eigenvalue weighted by Gasteiger charge is 2.19. The fourth-order valence-electron chi connectivity index (χ4n) is 7.53. The van der Waals surface area contributed by atoms with Crippen LogP contribution in [-0.2, 0) is 0 Å². The van der Waals surface area contributed by atoms with E-state index in [1.165, 1.54) is 54.2 Å². The highest BCUT2D eigenvalue weighted by atomic mass is 15.0. The van der Waals surface area contributed by atoms with Crippen molar-refractivity contribution in [1.82, 2.24) is 19.9 Å². The van der Waals surface area contributed by atoms with Gasteiger partial charge in [-0.1, -0.05) is 133 Å². The van der Waals surface area contributed by atoms with E-state index in [2.05, 4.69) is 132 Å². The van der Waals surface area contributed by atoms with Crippen LogP contribution in [0, 0.1) is 0 Å². The second-order valence-corrected chi connectivity index (χ2v) is 13.1. The van der Waals surface area contributed by atoms with Gasteiger partial charge in [-0.3, -0.25) is 4.98 Å². The number of pyridine rings is 1. The summed E-state index contributed by atoms with van der Waals surface area (Å²) in [5.74, 6) is 1.72. The number of aromatic nitrogens is 4. The summed E-state index contributed by atoms with van der Waals surface area (Å²) in [6, 6.07) is 62.0. The maximum absolute atomic E-state index is 5.17. The zero-order valence-corrected chi connectivity index (χ0v) is 28.1. The van der Waals surface area contributed by atoms with Crippen molar-refractivity contribution in [2.45, 2.75) is 0 Å². The van der Waals surface area contributed by atoms with E-state index >= 15 is 0 Å². The number of hydrogen-bond donors (Lipinski definition) is 0. The number of benzene rings is 8. The average molecular weight is 663 g/mol. The highest BCUT2D eigenvalue weighted by Crippen LogP contribution is 2.43. The van der Waals surface area contributed by atoms with Gasteiger partial charge in [-0.2, -0.15) is 0 Å². The molecule has 52 heavy (non-hydrogen) atoms. The van der Waals surface area contributed by atoms with Crippen LogP contribution < -0.4 is 0 Å². The molecule has 0 saturated carbocycles. The molecule has 2 heterocycles. The van der Waals surface area contributed by atoms with E-state index in [1.54, 1.807) is 6.20 Å². The van der Waals surface area contributed by atoms with Crippen LogP contribution in [0.4, 0.5) is 0 Å². The fourth-order valence-corrected chi connectivity index (χ4v) is 7.53. The molecular weight excluding hydrogens is 633 g/mol. The molecule has 4 nitrogen and oxygen atoms in total. The number of nitrogens with zero attached hydrogens (tertiary/aromatic N) is 4. The molecule has 242 valence electrons. The predicted octanol–water partition coefficient (Wildman–Crippen LogP) is 12.2. The second-order valence-electron chi connectivity index (χ2n) is 13.1. The molecule has 10 rings (SSSR count). The molecule has 0 saturated heterocycles. The summed E-state index contributed by atoms with van der Waals surface area (Å²) in [7, 11) is 0. The van der Waals surface area contributed by atoms with Crippen LogP contribution in [0.15, 0.2) is 182 Å². The Balaban J connectivity index is 1.33. The van der Waals surface area contributed by atoms with Crippen LogP contribution in [-0.4, -0.2) is 19.9 Å². The first kappa shape index (κ1) is 29.8. The van der Waals surface area contributed by atoms with Crippen LogP contribution in [0.2, 0.25) is 0 Å². The van der Waals surface area contributed by atoms with E-state index < -0.39 is 0 Å². The lowest BCUT2D eigenvalue weighted by atomic mass is 9.87. The molecule has 0 N–H and O–H groups in total. The van der Waals surface area contributed by atoms with Crippen LogP contribution in [0.1, 0.15) is 0 Å². The predicted molar refractivity (Wildman–Crippen MR) is 215 cm³/mol. The molecule has 0 aliphatic heterocycles. The van der Waals surface area contributed by atoms with Crippen LogP contribution in [0.5, 0.6) is 0 Å². The standard InChI is InChI=1S/C48H30N4/c1-2-14-31(15-3-1)46-50-47(52-48(51-46)43-24-12-13-25-49-43)38-29-36(44-39-20-8-4-16-32(39)26-33-17-5-9-21-40(33)44)28-37(30-38)45-41-22-10-6-18-34(41)27-35-19-7-11-23-42(35)45/h1-30H. The van der Waals surface area contributed by atoms with Gasteiger partial charge in [0.25, 0.3) is 0 Å². The lowest BCUT2D eigenvalue weighted by molar-refractivity contribution is 1.06. The zero-order valence-electron chi connectivity index (χ0n) is 28.1. The van der Waals surface area contributed by atoms with Gasteiger partial charge < -0.3 is 0 Å². The van der Waals surface area contributed by atoms with Gasteiger partial charge in [0, 0.05) is 17.3 Å². The quantitative estimate of drug-likeness (QED) is 0.172. The molecule has 0 amide bonds. The third-order valence-electron chi connectivity index (χ3n) is 9.87. The van der Waals surface area contributed by atoms with Gasteiger partial charge in [-0.25, -0.2) is 15.0 Å². The smallest absolute Gasteiger partial charge is 0.182 e. The number of fused-ring (bicyclic) bond motifs is 4. The van der Waals surface area contributed by atoms with Crippen molar-refractivity contribution in [3.63, 3.8) is 0 Å². The molecular formula is C48H30N4. The number of hydrogen-bond acceptors (Lipinski definition) is 4. The van der Waals surface area contributed by atoms with Crippen molar-refractivity contribution >= 4 is 43.1 Å². The van der Waals surface area contributed by atoms with Gasteiger partial charge in [-0.05, 0) is 108 Å². The summed E-state index contributed by atoms with van der Waals surface area (Å²) in [5, 5.41) is 9.57. The first-order chi connectivity index (χ1) is 25.8. The Morgan fingerprint density at radius 3 is 1.17 bits per heavy atom. The number of rotatable bonds is 5. The molecule has 0 unspecified atom stereocenters. The molecule has 0 aliphatic carbocycles. The minimum Gasteiger partial charge on any atom is -0.253 e. The summed E-state index contributed by atoms with van der Waals surface area (Å²) in [5.41, 5.74) is 7.07. The van der Waals surface area contributed by atoms with Crippen molar-refractivity contribution in [3.05, 3.63) is 182 Å². The zero-order chi connectivity index (χ0) is 34.4. The third kappa shape index (κ3) is 5.17. The maximum atomic E-state index is 5.17. The first-order valence-electron chi connectivity index (χ1n) is 17.5. The lowest BCUT2D eigenvalue weighted by Crippen LogP contribution is -2.01. The van der Waals surface area contributed by atoms with Crippen LogP contribution >= 0.6 is 0 Å². The van der Waals surface area contributed by atoms with E-state index in [4.69, 9.17) is 15.0 Å². The summed E-state index contributed by atoms with van der Waals surface area (Å²) in [6.07, 6.45) is 1.77. The summed E-state index contributed by atoms with van der Waals surface area (Å²) >= 11 is 0. The van der Waals surface area contributed by atoms with Crippen molar-refractivity contribution < 1.29 is 0 Å². The SMILES string of the molecule is c1ccc(-c2nc(-c3cc(-c4c5ccccc5cc5ccccc45)cc(-c4c5ccccc5cc5ccccc45)c3)nc(-c3ccccn3)n2)cc1. The van der Waals surface area contributed by atoms with Crippen molar-refractivity contribution in [3.8, 4) is 56.5 Å². The molecule has 0 fully saturated rings. The maximum Gasteiger partial charge on any atom is 0.182 e. The van der Waals surface area contributed by atoms with Crippen LogP contribution in [0.25, 0.3) is 99.6 Å². The van der Waals surface area contributed by atoms with Gasteiger partial charge in [0.15, 0.2) is 17.5 Å². The Hall–Kier alpha value is -7.04. The van der Waals surface area contributed by atoms with Crippen LogP contribution in [0.3, 0.4) is 0 Å². The Bertz CT molecular complexity index is 2650. The molecule has 10 aromatic rings. The van der Waals surface area contributed by atoms with E-state index in [-0.39, 0.29) is 0 Å². The molecule has 2 aromatic heterocycles. The summed E-state index contributed by atoms with van der Waals surface area (Å²) in [4.78, 5) is 19.9. The largest absolute Gasteiger partial charge is 0.253 e. The normalized spacial score (nSPS) is 11.5. The third-order valence-corrected chi connectivity index (χ3v) is 9.87. The first-order valence-corrected chi connectivity index (χ1v) is 17.5. The molecule has 0 spiro atoms. The summed E-state index contributed by atoms with van der Waals surface area (Å²) < 4.78 is 0. The second kappa shape index (κ2) is 12.4. The van der Waals surface area contributed by atoms with Gasteiger partial charge in [-0.15, -0.1) is 0 Å². The highest BCUT2D eigenvalue weighted by molar-refractivity contribution is 6.16. The van der Waals surface area contributed by atoms with Gasteiger partial charge in [0.05, 0.1) is 0 Å². The fraction of sp³-hybridized carbons (Fsp3) is 0. The molecule has 0 aliphatic rings. The lowest BCUT2D eigenvalue weighted by Gasteiger charge is -2.17. The molecule has 0 bridgehead atoms. The van der Waals surface area contributed by atoms with E-state index in [9.17, 15) is 0 Å². The topological polar surface area (TPSA) is 51.6 Å². The van der Waals surface area contributed by atoms with Crippen molar-refractivity contribution in [2.24, 2.45) is 0 Å². The minimum absolute atomic E-state index is 0.530. The van der Waals surface area contributed by atoms with E-state index in [0.717, 1.165) is 22.3 Å². The Morgan fingerprint density at radius 2 is 0.692 bits per heavy atom. The molecule has 0 radical (unpaired) electrons. The summed E-state index contributed by atoms with van der Waals surface area (Å²) in [6.45, 7) is 0. The Morgan fingerprint density at radius 1 is 0.288 bits per heavy atom. The van der Waals surface area contributed by atoms with Crippen molar-refractivity contribution in [2.75, 3.05) is 0 Å². The minimum atomic E-state index is 0.530. The van der Waals surface area contributed by atoms with Gasteiger partial charge in [0.1, 0.15) is 5.69 Å². The monoisotopic (exact) mass is 662 g/mol. The van der Waals surface area contributed by atoms with Gasteiger partial charge in [0.2, 0.25) is 0 Å². The van der Waals surface area contributed by atoms with E-state index in [1.807, 2.05) is 48.5 Å².